The molecule has 1 atom stereocenters. The number of ether oxygens (including phenoxy) is 1. The monoisotopic (exact) mass is 381 g/mol. The lowest BCUT2D eigenvalue weighted by atomic mass is 10.2. The molecule has 0 aliphatic heterocycles. The molecule has 2 rings (SSSR count). The molecule has 0 aliphatic rings. The summed E-state index contributed by atoms with van der Waals surface area (Å²) in [6.07, 6.45) is 1.37. The van der Waals surface area contributed by atoms with Gasteiger partial charge in [0.25, 0.3) is 5.91 Å². The van der Waals surface area contributed by atoms with Gasteiger partial charge in [-0.05, 0) is 39.0 Å². The van der Waals surface area contributed by atoms with Crippen molar-refractivity contribution in [2.75, 3.05) is 5.32 Å². The van der Waals surface area contributed by atoms with Crippen LogP contribution in [0.5, 0.6) is 0 Å². The second-order valence-electron chi connectivity index (χ2n) is 5.83. The first kappa shape index (κ1) is 20.2. The van der Waals surface area contributed by atoms with Gasteiger partial charge in [0.05, 0.1) is 11.4 Å². The van der Waals surface area contributed by atoms with E-state index in [9.17, 15) is 22.8 Å². The predicted octanol–water partition coefficient (Wildman–Crippen LogP) is 3.04. The van der Waals surface area contributed by atoms with E-state index in [2.05, 4.69) is 5.10 Å². The van der Waals surface area contributed by atoms with Crippen molar-refractivity contribution in [3.05, 3.63) is 52.6 Å². The average molecular weight is 381 g/mol. The van der Waals surface area contributed by atoms with Gasteiger partial charge in [-0.2, -0.15) is 5.10 Å². The molecule has 0 fully saturated rings. The van der Waals surface area contributed by atoms with E-state index < -0.39 is 41.1 Å². The first-order valence-corrected chi connectivity index (χ1v) is 7.95. The van der Waals surface area contributed by atoms with Crippen molar-refractivity contribution in [3.8, 4) is 0 Å². The van der Waals surface area contributed by atoms with Gasteiger partial charge in [-0.15, -0.1) is 0 Å². The standard InChI is InChI=1S/C18H18F3N3O3/c1-9-12(10(2)24(4)23-9)5-8-15(25)27-11(3)18(26)22-14-7-6-13(19)16(20)17(14)21/h5-8,11H,1-4H3,(H,22,26)/b8-5+/t11-/m1/s1. The topological polar surface area (TPSA) is 73.2 Å². The highest BCUT2D eigenvalue weighted by molar-refractivity contribution is 5.96. The van der Waals surface area contributed by atoms with Gasteiger partial charge >= 0.3 is 5.97 Å². The Morgan fingerprint density at radius 3 is 2.48 bits per heavy atom. The number of nitrogens with zero attached hydrogens (tertiary/aromatic N) is 2. The summed E-state index contributed by atoms with van der Waals surface area (Å²) < 4.78 is 46.2. The number of halogens is 3. The van der Waals surface area contributed by atoms with Crippen molar-refractivity contribution < 1.29 is 27.5 Å². The summed E-state index contributed by atoms with van der Waals surface area (Å²) in [4.78, 5) is 23.9. The van der Waals surface area contributed by atoms with Crippen LogP contribution in [0.1, 0.15) is 23.9 Å². The van der Waals surface area contributed by atoms with Gasteiger partial charge in [0.15, 0.2) is 23.6 Å². The van der Waals surface area contributed by atoms with Crippen molar-refractivity contribution >= 4 is 23.6 Å². The second-order valence-corrected chi connectivity index (χ2v) is 5.83. The first-order valence-electron chi connectivity index (χ1n) is 7.95. The highest BCUT2D eigenvalue weighted by Gasteiger charge is 2.20. The molecule has 27 heavy (non-hydrogen) atoms. The Hall–Kier alpha value is -3.10. The molecule has 0 bridgehead atoms. The molecule has 1 aromatic heterocycles. The van der Waals surface area contributed by atoms with Gasteiger partial charge in [-0.25, -0.2) is 18.0 Å². The smallest absolute Gasteiger partial charge is 0.331 e. The molecule has 6 nitrogen and oxygen atoms in total. The molecule has 0 spiro atoms. The van der Waals surface area contributed by atoms with E-state index in [1.165, 1.54) is 13.0 Å². The van der Waals surface area contributed by atoms with Crippen molar-refractivity contribution in [2.24, 2.45) is 7.05 Å². The lowest BCUT2D eigenvalue weighted by Gasteiger charge is -2.13. The Balaban J connectivity index is 2.00. The van der Waals surface area contributed by atoms with Crippen LogP contribution in [0.15, 0.2) is 18.2 Å². The molecule has 1 N–H and O–H groups in total. The molecule has 0 saturated heterocycles. The number of carbonyl (C=O) groups excluding carboxylic acids is 2. The molecular weight excluding hydrogens is 363 g/mol. The SMILES string of the molecule is Cc1nn(C)c(C)c1/C=C/C(=O)O[C@H](C)C(=O)Nc1ccc(F)c(F)c1F. The highest BCUT2D eigenvalue weighted by atomic mass is 19.2. The number of nitrogens with one attached hydrogen (secondary N) is 1. The van der Waals surface area contributed by atoms with Crippen molar-refractivity contribution in [2.45, 2.75) is 26.9 Å². The van der Waals surface area contributed by atoms with E-state index in [1.54, 1.807) is 18.7 Å². The van der Waals surface area contributed by atoms with Crippen LogP contribution in [0.25, 0.3) is 6.08 Å². The summed E-state index contributed by atoms with van der Waals surface area (Å²) in [5.74, 6) is -6.32. The molecule has 0 saturated carbocycles. The molecule has 1 amide bonds. The minimum Gasteiger partial charge on any atom is -0.449 e. The van der Waals surface area contributed by atoms with Crippen LogP contribution in [0, 0.1) is 31.3 Å². The van der Waals surface area contributed by atoms with Crippen LogP contribution >= 0.6 is 0 Å². The van der Waals surface area contributed by atoms with Gasteiger partial charge < -0.3 is 10.1 Å². The van der Waals surface area contributed by atoms with Crippen LogP contribution in [0.4, 0.5) is 18.9 Å². The van der Waals surface area contributed by atoms with Crippen molar-refractivity contribution in [3.63, 3.8) is 0 Å². The molecular formula is C18H18F3N3O3. The minimum absolute atomic E-state index is 0.557. The Morgan fingerprint density at radius 2 is 1.89 bits per heavy atom. The Labute approximate surface area is 153 Å². The summed E-state index contributed by atoms with van der Waals surface area (Å²) in [6.45, 7) is 4.88. The zero-order chi connectivity index (χ0) is 20.3. The van der Waals surface area contributed by atoms with Gasteiger partial charge in [0.1, 0.15) is 0 Å². The third-order valence-electron chi connectivity index (χ3n) is 3.91. The Bertz CT molecular complexity index is 922. The van der Waals surface area contributed by atoms with Crippen molar-refractivity contribution in [1.29, 1.82) is 0 Å². The van der Waals surface area contributed by atoms with Crippen LogP contribution in [-0.4, -0.2) is 27.8 Å². The van der Waals surface area contributed by atoms with Crippen molar-refractivity contribution in [1.82, 2.24) is 9.78 Å². The zero-order valence-corrected chi connectivity index (χ0v) is 15.1. The summed E-state index contributed by atoms with van der Waals surface area (Å²) in [6, 6.07) is 1.54. The predicted molar refractivity (Wildman–Crippen MR) is 92.2 cm³/mol. The number of anilines is 1. The number of aromatic nitrogens is 2. The molecule has 144 valence electrons. The summed E-state index contributed by atoms with van der Waals surface area (Å²) >= 11 is 0. The number of esters is 1. The van der Waals surface area contributed by atoms with Gasteiger partial charge in [-0.1, -0.05) is 0 Å². The number of carbonyl (C=O) groups is 2. The Kier molecular flexibility index (Phi) is 6.04. The van der Waals surface area contributed by atoms with Gasteiger partial charge in [0, 0.05) is 24.4 Å². The fourth-order valence-electron chi connectivity index (χ4n) is 2.31. The van der Waals surface area contributed by atoms with Gasteiger partial charge in [0.2, 0.25) is 0 Å². The largest absolute Gasteiger partial charge is 0.449 e. The van der Waals surface area contributed by atoms with E-state index in [0.717, 1.165) is 29.1 Å². The summed E-state index contributed by atoms with van der Waals surface area (Å²) in [5, 5.41) is 6.25. The van der Waals surface area contributed by atoms with Crippen LogP contribution < -0.4 is 5.32 Å². The maximum absolute atomic E-state index is 13.6. The molecule has 1 aromatic carbocycles. The van der Waals surface area contributed by atoms with E-state index in [1.807, 2.05) is 12.2 Å². The minimum atomic E-state index is -1.71. The molecule has 2 aromatic rings. The number of hydrogen-bond acceptors (Lipinski definition) is 4. The van der Waals surface area contributed by atoms with E-state index >= 15 is 0 Å². The van der Waals surface area contributed by atoms with Crippen LogP contribution in [0.3, 0.4) is 0 Å². The number of rotatable bonds is 5. The summed E-state index contributed by atoms with van der Waals surface area (Å²) in [7, 11) is 1.77. The quantitative estimate of drug-likeness (QED) is 0.491. The molecule has 9 heteroatoms. The lowest BCUT2D eigenvalue weighted by molar-refractivity contribution is -0.148. The highest BCUT2D eigenvalue weighted by Crippen LogP contribution is 2.20. The molecule has 0 unspecified atom stereocenters. The molecule has 1 heterocycles. The maximum atomic E-state index is 13.6. The number of benzene rings is 1. The molecule has 0 aliphatic carbocycles. The fourth-order valence-corrected chi connectivity index (χ4v) is 2.31. The van der Waals surface area contributed by atoms with Crippen LogP contribution in [-0.2, 0) is 21.4 Å². The number of hydrogen-bond donors (Lipinski definition) is 1. The number of amides is 1. The lowest BCUT2D eigenvalue weighted by Crippen LogP contribution is -2.30. The first-order chi connectivity index (χ1) is 12.6. The normalized spacial score (nSPS) is 12.3. The van der Waals surface area contributed by atoms with E-state index in [-0.39, 0.29) is 0 Å². The summed E-state index contributed by atoms with van der Waals surface area (Å²) in [5.41, 5.74) is 1.75. The maximum Gasteiger partial charge on any atom is 0.331 e. The molecule has 0 radical (unpaired) electrons. The van der Waals surface area contributed by atoms with Gasteiger partial charge in [-0.3, -0.25) is 9.48 Å². The van der Waals surface area contributed by atoms with E-state index in [4.69, 9.17) is 4.74 Å². The Morgan fingerprint density at radius 1 is 1.22 bits per heavy atom. The van der Waals surface area contributed by atoms with Crippen LogP contribution in [0.2, 0.25) is 0 Å². The number of aryl methyl sites for hydroxylation is 2. The van der Waals surface area contributed by atoms with E-state index in [0.29, 0.717) is 6.07 Å². The average Bonchev–Trinajstić information content (AvgIpc) is 2.85. The third kappa shape index (κ3) is 4.55. The fraction of sp³-hybridized carbons (Fsp3) is 0.278. The zero-order valence-electron chi connectivity index (χ0n) is 15.1. The third-order valence-corrected chi connectivity index (χ3v) is 3.91. The second kappa shape index (κ2) is 8.07.